The van der Waals surface area contributed by atoms with E-state index < -0.39 is 4.92 Å². The van der Waals surface area contributed by atoms with Crippen molar-refractivity contribution in [1.82, 2.24) is 14.8 Å². The van der Waals surface area contributed by atoms with Gasteiger partial charge in [0.25, 0.3) is 5.69 Å². The van der Waals surface area contributed by atoms with Crippen LogP contribution in [0.4, 0.5) is 11.4 Å². The first kappa shape index (κ1) is 14.1. The number of nitro benzene ring substituents is 1. The molecule has 9 heteroatoms. The summed E-state index contributed by atoms with van der Waals surface area (Å²) < 4.78 is 1.39. The normalized spacial score (nSPS) is 10.5. The Morgan fingerprint density at radius 3 is 2.85 bits per heavy atom. The summed E-state index contributed by atoms with van der Waals surface area (Å²) >= 11 is 1.33. The van der Waals surface area contributed by atoms with E-state index in [0.29, 0.717) is 16.6 Å². The van der Waals surface area contributed by atoms with Crippen LogP contribution in [-0.2, 0) is 12.8 Å². The van der Waals surface area contributed by atoms with Crippen molar-refractivity contribution in [2.24, 2.45) is 7.05 Å². The largest absolute Gasteiger partial charge is 0.383 e. The van der Waals surface area contributed by atoms with Crippen LogP contribution in [0, 0.1) is 10.1 Å². The third-order valence-corrected chi connectivity index (χ3v) is 3.84. The first-order valence-corrected chi connectivity index (χ1v) is 6.70. The molecule has 0 atom stereocenters. The Kier molecular flexibility index (Phi) is 4.08. The summed E-state index contributed by atoms with van der Waals surface area (Å²) in [5.74, 6) is 0.489. The number of benzene rings is 1. The fourth-order valence-corrected chi connectivity index (χ4v) is 2.50. The molecular weight excluding hydrogens is 282 g/mol. The molecule has 0 spiro atoms. The highest BCUT2D eigenvalue weighted by Gasteiger charge is 2.14. The Morgan fingerprint density at radius 1 is 1.55 bits per heavy atom. The topological polar surface area (TPSA) is 106 Å². The maximum Gasteiger partial charge on any atom is 0.343 e. The van der Waals surface area contributed by atoms with Crippen molar-refractivity contribution in [2.75, 3.05) is 12.4 Å². The Bertz CT molecular complexity index is 694. The fraction of sp³-hybridized carbons (Fsp3) is 0.273. The minimum atomic E-state index is -0.426. The Balaban J connectivity index is 2.18. The van der Waals surface area contributed by atoms with Crippen LogP contribution in [0.5, 0.6) is 0 Å². The standard InChI is InChI=1S/C11H13N5O3S/c1-12-8-4-3-7(5-9(8)16(18)19)6-20-11-14-13-10(17)15(11)2/h3-5,12H,6H2,1-2H3,(H,13,17). The van der Waals surface area contributed by atoms with Crippen molar-refractivity contribution in [1.29, 1.82) is 0 Å². The molecule has 0 fully saturated rings. The first-order chi connectivity index (χ1) is 9.52. The molecule has 1 aromatic heterocycles. The van der Waals surface area contributed by atoms with Crippen LogP contribution in [0.1, 0.15) is 5.56 Å². The van der Waals surface area contributed by atoms with Crippen LogP contribution in [0.3, 0.4) is 0 Å². The molecule has 0 saturated heterocycles. The van der Waals surface area contributed by atoms with E-state index in [9.17, 15) is 14.9 Å². The van der Waals surface area contributed by atoms with E-state index in [4.69, 9.17) is 0 Å². The quantitative estimate of drug-likeness (QED) is 0.490. The van der Waals surface area contributed by atoms with Crippen LogP contribution in [-0.4, -0.2) is 26.7 Å². The van der Waals surface area contributed by atoms with Crippen LogP contribution in [0.25, 0.3) is 0 Å². The molecule has 0 aliphatic rings. The predicted molar refractivity (Wildman–Crippen MR) is 76.0 cm³/mol. The van der Waals surface area contributed by atoms with E-state index in [2.05, 4.69) is 15.5 Å². The van der Waals surface area contributed by atoms with Gasteiger partial charge in [-0.1, -0.05) is 17.8 Å². The second kappa shape index (κ2) is 5.78. The molecule has 0 saturated carbocycles. The van der Waals surface area contributed by atoms with Crippen LogP contribution in [0.2, 0.25) is 0 Å². The van der Waals surface area contributed by atoms with E-state index in [1.165, 1.54) is 22.4 Å². The Morgan fingerprint density at radius 2 is 2.30 bits per heavy atom. The number of hydrogen-bond acceptors (Lipinski definition) is 6. The lowest BCUT2D eigenvalue weighted by Gasteiger charge is -2.05. The third kappa shape index (κ3) is 2.82. The summed E-state index contributed by atoms with van der Waals surface area (Å²) in [6.45, 7) is 0. The lowest BCUT2D eigenvalue weighted by molar-refractivity contribution is -0.384. The highest BCUT2D eigenvalue weighted by atomic mass is 32.2. The minimum absolute atomic E-state index is 0.0292. The highest BCUT2D eigenvalue weighted by Crippen LogP contribution is 2.28. The molecule has 8 nitrogen and oxygen atoms in total. The summed E-state index contributed by atoms with van der Waals surface area (Å²) in [4.78, 5) is 21.7. The van der Waals surface area contributed by atoms with Crippen LogP contribution in [0.15, 0.2) is 28.2 Å². The van der Waals surface area contributed by atoms with Crippen LogP contribution >= 0.6 is 11.8 Å². The summed E-state index contributed by atoms with van der Waals surface area (Å²) in [6, 6.07) is 4.98. The molecule has 0 amide bonds. The third-order valence-electron chi connectivity index (χ3n) is 2.73. The molecule has 1 heterocycles. The molecule has 0 unspecified atom stereocenters. The molecular formula is C11H13N5O3S. The van der Waals surface area contributed by atoms with E-state index in [-0.39, 0.29) is 11.4 Å². The van der Waals surface area contributed by atoms with Crippen molar-refractivity contribution in [3.8, 4) is 0 Å². The molecule has 0 aliphatic heterocycles. The zero-order chi connectivity index (χ0) is 14.7. The molecule has 0 bridgehead atoms. The van der Waals surface area contributed by atoms with Gasteiger partial charge in [0.2, 0.25) is 0 Å². The van der Waals surface area contributed by atoms with Gasteiger partial charge in [0.05, 0.1) is 4.92 Å². The van der Waals surface area contributed by atoms with Gasteiger partial charge in [0, 0.05) is 25.9 Å². The van der Waals surface area contributed by atoms with E-state index in [0.717, 1.165) is 5.56 Å². The van der Waals surface area contributed by atoms with Gasteiger partial charge in [-0.3, -0.25) is 14.7 Å². The number of thioether (sulfide) groups is 1. The number of aromatic nitrogens is 3. The Labute approximate surface area is 118 Å². The molecule has 2 rings (SSSR count). The zero-order valence-electron chi connectivity index (χ0n) is 10.9. The number of nitrogens with zero attached hydrogens (tertiary/aromatic N) is 3. The van der Waals surface area contributed by atoms with Crippen molar-refractivity contribution >= 4 is 23.1 Å². The van der Waals surface area contributed by atoms with E-state index in [1.54, 1.807) is 26.2 Å². The average Bonchev–Trinajstić information content (AvgIpc) is 2.76. The van der Waals surface area contributed by atoms with Crippen LogP contribution < -0.4 is 11.0 Å². The molecule has 1 aromatic carbocycles. The van der Waals surface area contributed by atoms with E-state index >= 15 is 0 Å². The number of rotatable bonds is 5. The molecule has 20 heavy (non-hydrogen) atoms. The number of aromatic amines is 1. The van der Waals surface area contributed by atoms with Crippen molar-refractivity contribution in [3.63, 3.8) is 0 Å². The lowest BCUT2D eigenvalue weighted by Crippen LogP contribution is -2.12. The SMILES string of the molecule is CNc1ccc(CSc2n[nH]c(=O)n2C)cc1[N+](=O)[O-]. The summed E-state index contributed by atoms with van der Waals surface area (Å²) in [6.07, 6.45) is 0. The summed E-state index contributed by atoms with van der Waals surface area (Å²) in [7, 11) is 3.25. The fourth-order valence-electron chi connectivity index (χ4n) is 1.64. The van der Waals surface area contributed by atoms with Gasteiger partial charge in [-0.2, -0.15) is 0 Å². The number of hydrogen-bond donors (Lipinski definition) is 2. The Hall–Kier alpha value is -2.29. The second-order valence-electron chi connectivity index (χ2n) is 4.02. The summed E-state index contributed by atoms with van der Waals surface area (Å²) in [5.41, 5.74) is 0.998. The molecule has 106 valence electrons. The van der Waals surface area contributed by atoms with Crippen molar-refractivity contribution in [2.45, 2.75) is 10.9 Å². The molecule has 0 aliphatic carbocycles. The minimum Gasteiger partial charge on any atom is -0.383 e. The number of nitro groups is 1. The predicted octanol–water partition coefficient (Wildman–Crippen LogP) is 1.35. The zero-order valence-corrected chi connectivity index (χ0v) is 11.7. The number of anilines is 1. The van der Waals surface area contributed by atoms with Gasteiger partial charge in [-0.15, -0.1) is 5.10 Å². The van der Waals surface area contributed by atoms with Gasteiger partial charge >= 0.3 is 5.69 Å². The van der Waals surface area contributed by atoms with Crippen molar-refractivity contribution < 1.29 is 4.92 Å². The smallest absolute Gasteiger partial charge is 0.343 e. The summed E-state index contributed by atoms with van der Waals surface area (Å²) in [5, 5.41) is 20.5. The van der Waals surface area contributed by atoms with Gasteiger partial charge < -0.3 is 5.32 Å². The van der Waals surface area contributed by atoms with Gasteiger partial charge in [0.1, 0.15) is 5.69 Å². The molecule has 2 N–H and O–H groups in total. The van der Waals surface area contributed by atoms with E-state index in [1.807, 2.05) is 0 Å². The van der Waals surface area contributed by atoms with Gasteiger partial charge in [-0.05, 0) is 11.6 Å². The first-order valence-electron chi connectivity index (χ1n) is 5.72. The maximum absolute atomic E-state index is 11.2. The average molecular weight is 295 g/mol. The highest BCUT2D eigenvalue weighted by molar-refractivity contribution is 7.98. The second-order valence-corrected chi connectivity index (χ2v) is 4.96. The van der Waals surface area contributed by atoms with Crippen molar-refractivity contribution in [3.05, 3.63) is 44.4 Å². The maximum atomic E-state index is 11.2. The molecule has 0 radical (unpaired) electrons. The van der Waals surface area contributed by atoms with Gasteiger partial charge in [0.15, 0.2) is 5.16 Å². The number of nitrogens with one attached hydrogen (secondary N) is 2. The monoisotopic (exact) mass is 295 g/mol. The molecule has 2 aromatic rings. The van der Waals surface area contributed by atoms with Gasteiger partial charge in [-0.25, -0.2) is 9.89 Å². The number of H-pyrrole nitrogens is 1. The lowest BCUT2D eigenvalue weighted by atomic mass is 10.2.